The van der Waals surface area contributed by atoms with E-state index in [0.29, 0.717) is 25.9 Å². The van der Waals surface area contributed by atoms with Gasteiger partial charge in [-0.2, -0.15) is 0 Å². The van der Waals surface area contributed by atoms with Crippen LogP contribution in [0.2, 0.25) is 0 Å². The van der Waals surface area contributed by atoms with Crippen LogP contribution in [-0.2, 0) is 15.4 Å². The van der Waals surface area contributed by atoms with E-state index in [-0.39, 0.29) is 40.6 Å². The maximum absolute atomic E-state index is 14.0. The van der Waals surface area contributed by atoms with Gasteiger partial charge in [0.1, 0.15) is 5.69 Å². The van der Waals surface area contributed by atoms with Gasteiger partial charge in [0, 0.05) is 36.7 Å². The molecule has 2 N–H and O–H groups in total. The molecule has 3 aliphatic carbocycles. The molecule has 1 aliphatic heterocycles. The predicted octanol–water partition coefficient (Wildman–Crippen LogP) is 3.76. The van der Waals surface area contributed by atoms with Crippen LogP contribution in [0, 0.1) is 16.7 Å². The Bertz CT molecular complexity index is 1380. The number of aromatic nitrogens is 1. The Hall–Kier alpha value is -2.55. The minimum absolute atomic E-state index is 0.0164. The lowest BCUT2D eigenvalue weighted by Crippen LogP contribution is -2.60. The smallest absolute Gasteiger partial charge is 0.269 e. The Morgan fingerprint density at radius 2 is 1.84 bits per heavy atom. The van der Waals surface area contributed by atoms with Crippen LogP contribution in [0.3, 0.4) is 0 Å². The Kier molecular flexibility index (Phi) is 5.91. The van der Waals surface area contributed by atoms with Gasteiger partial charge < -0.3 is 10.4 Å². The lowest BCUT2D eigenvalue weighted by molar-refractivity contribution is -0.0838. The number of nitrogens with one attached hydrogen (secondary N) is 1. The molecule has 3 fully saturated rings. The van der Waals surface area contributed by atoms with Crippen molar-refractivity contribution in [3.63, 3.8) is 0 Å². The van der Waals surface area contributed by atoms with Crippen molar-refractivity contribution in [2.45, 2.75) is 57.0 Å². The molecule has 1 saturated heterocycles. The third kappa shape index (κ3) is 3.71. The summed E-state index contributed by atoms with van der Waals surface area (Å²) in [6, 6.07) is 13.5. The molecule has 2 bridgehead atoms. The van der Waals surface area contributed by atoms with Crippen molar-refractivity contribution in [2.75, 3.05) is 25.4 Å². The van der Waals surface area contributed by atoms with E-state index in [9.17, 15) is 18.3 Å². The zero-order valence-corrected chi connectivity index (χ0v) is 23.0. The van der Waals surface area contributed by atoms with Gasteiger partial charge in [0.15, 0.2) is 0 Å². The summed E-state index contributed by atoms with van der Waals surface area (Å²) in [4.78, 5) is 16.8. The summed E-state index contributed by atoms with van der Waals surface area (Å²) in [5.41, 5.74) is 0.202. The average Bonchev–Trinajstić information content (AvgIpc) is 3.43. The maximum atomic E-state index is 14.0. The number of allylic oxidation sites excluding steroid dienone is 1. The van der Waals surface area contributed by atoms with Crippen LogP contribution < -0.4 is 5.32 Å². The summed E-state index contributed by atoms with van der Waals surface area (Å²) in [7, 11) is -3.64. The third-order valence-corrected chi connectivity index (χ3v) is 12.6. The highest BCUT2D eigenvalue weighted by Gasteiger charge is 2.72. The number of sulfonamides is 1. The van der Waals surface area contributed by atoms with Crippen LogP contribution >= 0.6 is 0 Å². The highest BCUT2D eigenvalue weighted by molar-refractivity contribution is 7.89. The normalized spacial score (nSPS) is 31.0. The minimum atomic E-state index is -3.64. The highest BCUT2D eigenvalue weighted by Crippen LogP contribution is 2.70. The van der Waals surface area contributed by atoms with Gasteiger partial charge in [-0.3, -0.25) is 9.78 Å². The molecular weight excluding hydrogens is 498 g/mol. The second-order valence-electron chi connectivity index (χ2n) is 12.4. The van der Waals surface area contributed by atoms with Crippen molar-refractivity contribution in [1.29, 1.82) is 0 Å². The molecule has 1 aromatic carbocycles. The summed E-state index contributed by atoms with van der Waals surface area (Å²) in [6.07, 6.45) is 9.50. The number of nitrogens with zero attached hydrogens (tertiary/aromatic N) is 2. The summed E-state index contributed by atoms with van der Waals surface area (Å²) in [5.74, 6) is -0.248. The highest BCUT2D eigenvalue weighted by atomic mass is 32.2. The standard InChI is InChI=1S/C30H37N3O4S/c1-27(2)23-11-13-29(27,30(35,19-23)20-32-26(34)25-9-5-6-16-31-25)21-38(36,37)33-17-14-28(15-18-33)12-10-22-7-3-4-8-24(22)28/h3-10,12,16,23,35H,11,13-15,17-21H2,1-2H3,(H,32,34)/t23-,29+,30-/m1/s1. The number of carbonyl (C=O) groups excluding carboxylic acids is 1. The maximum Gasteiger partial charge on any atom is 0.269 e. The first-order chi connectivity index (χ1) is 18.0. The largest absolute Gasteiger partial charge is 0.387 e. The van der Waals surface area contributed by atoms with Crippen molar-refractivity contribution >= 4 is 22.0 Å². The molecule has 8 heteroatoms. The second-order valence-corrected chi connectivity index (χ2v) is 14.4. The van der Waals surface area contributed by atoms with Gasteiger partial charge in [-0.05, 0) is 66.7 Å². The molecular formula is C30H37N3O4S. The van der Waals surface area contributed by atoms with Crippen molar-refractivity contribution < 1.29 is 18.3 Å². The number of benzene rings is 1. The lowest BCUT2D eigenvalue weighted by atomic mass is 9.64. The first kappa shape index (κ1) is 25.7. The summed E-state index contributed by atoms with van der Waals surface area (Å²) in [6.45, 7) is 5.16. The van der Waals surface area contributed by atoms with Crippen LogP contribution in [-0.4, -0.2) is 59.7 Å². The van der Waals surface area contributed by atoms with Crippen LogP contribution in [0.25, 0.3) is 6.08 Å². The van der Waals surface area contributed by atoms with E-state index >= 15 is 0 Å². The van der Waals surface area contributed by atoms with E-state index < -0.39 is 21.0 Å². The summed E-state index contributed by atoms with van der Waals surface area (Å²) >= 11 is 0. The number of carbonyl (C=O) groups is 1. The molecule has 3 atom stereocenters. The SMILES string of the molecule is CC1(C)[C@@H]2CC[C@@]1(CS(=O)(=O)N1CCC3(C=Cc4ccccc43)CC1)[C@](O)(CNC(=O)c1ccccn1)C2. The monoisotopic (exact) mass is 535 g/mol. The molecule has 2 aromatic rings. The van der Waals surface area contributed by atoms with Crippen LogP contribution in [0.5, 0.6) is 0 Å². The van der Waals surface area contributed by atoms with Gasteiger partial charge in [0.25, 0.3) is 5.91 Å². The number of rotatable bonds is 6. The molecule has 2 saturated carbocycles. The molecule has 0 radical (unpaired) electrons. The zero-order valence-electron chi connectivity index (χ0n) is 22.2. The van der Waals surface area contributed by atoms with Crippen LogP contribution in [0.1, 0.15) is 67.6 Å². The van der Waals surface area contributed by atoms with E-state index in [1.807, 2.05) is 6.07 Å². The van der Waals surface area contributed by atoms with E-state index in [1.54, 1.807) is 28.7 Å². The van der Waals surface area contributed by atoms with Gasteiger partial charge in [-0.25, -0.2) is 12.7 Å². The van der Waals surface area contributed by atoms with Gasteiger partial charge in [-0.1, -0.05) is 56.3 Å². The molecule has 4 aliphatic rings. The van der Waals surface area contributed by atoms with E-state index in [4.69, 9.17) is 0 Å². The predicted molar refractivity (Wildman–Crippen MR) is 147 cm³/mol. The number of pyridine rings is 1. The van der Waals surface area contributed by atoms with Gasteiger partial charge in [0.05, 0.1) is 11.4 Å². The Labute approximate surface area is 225 Å². The van der Waals surface area contributed by atoms with Crippen molar-refractivity contribution in [3.8, 4) is 0 Å². The number of aliphatic hydroxyl groups is 1. The van der Waals surface area contributed by atoms with Gasteiger partial charge in [-0.15, -0.1) is 0 Å². The summed E-state index contributed by atoms with van der Waals surface area (Å²) in [5, 5.41) is 14.9. The summed E-state index contributed by atoms with van der Waals surface area (Å²) < 4.78 is 29.7. The number of amides is 1. The first-order valence-corrected chi connectivity index (χ1v) is 15.3. The van der Waals surface area contributed by atoms with Crippen LogP contribution in [0.4, 0.5) is 0 Å². The second kappa shape index (κ2) is 8.73. The van der Waals surface area contributed by atoms with Gasteiger partial charge >= 0.3 is 0 Å². The molecule has 2 heterocycles. The number of hydrogen-bond acceptors (Lipinski definition) is 5. The molecule has 1 aromatic heterocycles. The fourth-order valence-corrected chi connectivity index (χ4v) is 10.5. The average molecular weight is 536 g/mol. The molecule has 202 valence electrons. The van der Waals surface area contributed by atoms with E-state index in [1.165, 1.54) is 11.1 Å². The lowest BCUT2D eigenvalue weighted by Gasteiger charge is -2.49. The number of hydrogen-bond donors (Lipinski definition) is 2. The first-order valence-electron chi connectivity index (χ1n) is 13.7. The molecule has 6 rings (SSSR count). The quantitative estimate of drug-likeness (QED) is 0.587. The fourth-order valence-electron chi connectivity index (χ4n) is 8.17. The fraction of sp³-hybridized carbons (Fsp3) is 0.533. The van der Waals surface area contributed by atoms with Crippen molar-refractivity contribution in [2.24, 2.45) is 16.7 Å². The van der Waals surface area contributed by atoms with Gasteiger partial charge in [0.2, 0.25) is 10.0 Å². The Morgan fingerprint density at radius 1 is 1.11 bits per heavy atom. The van der Waals surface area contributed by atoms with Crippen molar-refractivity contribution in [3.05, 3.63) is 71.6 Å². The number of fused-ring (bicyclic) bond motifs is 4. The molecule has 1 spiro atoms. The Balaban J connectivity index is 1.21. The topological polar surface area (TPSA) is 99.6 Å². The van der Waals surface area contributed by atoms with E-state index in [0.717, 1.165) is 19.3 Å². The minimum Gasteiger partial charge on any atom is -0.387 e. The zero-order chi connectivity index (χ0) is 26.8. The van der Waals surface area contributed by atoms with Crippen LogP contribution in [0.15, 0.2) is 54.7 Å². The number of piperidine rings is 1. The molecule has 0 unspecified atom stereocenters. The van der Waals surface area contributed by atoms with E-state index in [2.05, 4.69) is 54.5 Å². The Morgan fingerprint density at radius 3 is 2.55 bits per heavy atom. The molecule has 7 nitrogen and oxygen atoms in total. The van der Waals surface area contributed by atoms with Crippen molar-refractivity contribution in [1.82, 2.24) is 14.6 Å². The molecule has 1 amide bonds. The molecule has 38 heavy (non-hydrogen) atoms. The third-order valence-electron chi connectivity index (χ3n) is 10.6.